The number of hydrogen-bond acceptors (Lipinski definition) is 3. The third-order valence-corrected chi connectivity index (χ3v) is 6.77. The minimum Gasteiger partial charge on any atom is -0.344 e. The van der Waals surface area contributed by atoms with E-state index in [0.717, 1.165) is 61.3 Å². The number of nitrogens with zero attached hydrogens (tertiary/aromatic N) is 3. The Balaban J connectivity index is 1.41. The van der Waals surface area contributed by atoms with Crippen LogP contribution in [0.4, 0.5) is 0 Å². The minimum absolute atomic E-state index is 0.0222. The van der Waals surface area contributed by atoms with Gasteiger partial charge in [-0.25, -0.2) is 0 Å². The van der Waals surface area contributed by atoms with Crippen LogP contribution in [0, 0.1) is 0 Å². The van der Waals surface area contributed by atoms with Crippen LogP contribution in [-0.4, -0.2) is 60.0 Å². The van der Waals surface area contributed by atoms with Crippen molar-refractivity contribution in [3.63, 3.8) is 0 Å². The average molecular weight is 453 g/mol. The van der Waals surface area contributed by atoms with E-state index in [2.05, 4.69) is 69.2 Å². The van der Waals surface area contributed by atoms with Gasteiger partial charge in [-0.2, -0.15) is 0 Å². The first kappa shape index (κ1) is 22.4. The monoisotopic (exact) mass is 452 g/mol. The Morgan fingerprint density at radius 1 is 0.853 bits per heavy atom. The maximum absolute atomic E-state index is 13.7. The molecule has 1 fully saturated rings. The predicted molar refractivity (Wildman–Crippen MR) is 138 cm³/mol. The zero-order chi connectivity index (χ0) is 23.3. The van der Waals surface area contributed by atoms with E-state index in [4.69, 9.17) is 0 Å². The van der Waals surface area contributed by atoms with Crippen molar-refractivity contribution in [2.45, 2.75) is 12.6 Å². The lowest BCUT2D eigenvalue weighted by atomic mass is 10.0. The summed E-state index contributed by atoms with van der Waals surface area (Å²) in [5.41, 5.74) is 4.16. The van der Waals surface area contributed by atoms with Gasteiger partial charge in [-0.3, -0.25) is 9.69 Å². The molecule has 4 aromatic rings. The number of carbonyl (C=O) groups is 1. The van der Waals surface area contributed by atoms with Gasteiger partial charge in [0.25, 0.3) is 5.91 Å². The maximum atomic E-state index is 13.7. The van der Waals surface area contributed by atoms with E-state index in [1.54, 1.807) is 0 Å². The number of likely N-dealkylation sites (N-methyl/N-ethyl adjacent to an activating group) is 1. The number of benzene rings is 3. The normalized spacial score (nSPS) is 15.9. The maximum Gasteiger partial charge on any atom is 0.253 e. The largest absolute Gasteiger partial charge is 0.344 e. The Morgan fingerprint density at radius 2 is 1.50 bits per heavy atom. The quantitative estimate of drug-likeness (QED) is 0.452. The summed E-state index contributed by atoms with van der Waals surface area (Å²) >= 11 is 0. The molecule has 0 spiro atoms. The molecule has 5 nitrogen and oxygen atoms in total. The molecule has 1 saturated heterocycles. The van der Waals surface area contributed by atoms with Crippen LogP contribution in [0.5, 0.6) is 0 Å². The van der Waals surface area contributed by atoms with Crippen LogP contribution < -0.4 is 5.32 Å². The van der Waals surface area contributed by atoms with Gasteiger partial charge in [0.2, 0.25) is 0 Å². The van der Waals surface area contributed by atoms with Gasteiger partial charge in [-0.05, 0) is 24.2 Å². The van der Waals surface area contributed by atoms with Crippen LogP contribution in [0.25, 0.3) is 10.9 Å². The van der Waals surface area contributed by atoms with E-state index in [9.17, 15) is 4.79 Å². The van der Waals surface area contributed by atoms with Gasteiger partial charge in [0.1, 0.15) is 0 Å². The number of piperazine rings is 1. The smallest absolute Gasteiger partial charge is 0.253 e. The first-order chi connectivity index (χ1) is 16.7. The van der Waals surface area contributed by atoms with Crippen LogP contribution in [0.15, 0.2) is 91.1 Å². The van der Waals surface area contributed by atoms with Crippen molar-refractivity contribution in [2.75, 3.05) is 39.8 Å². The van der Waals surface area contributed by atoms with Crippen LogP contribution in [0.2, 0.25) is 0 Å². The zero-order valence-electron chi connectivity index (χ0n) is 19.7. The molecule has 2 heterocycles. The van der Waals surface area contributed by atoms with E-state index in [1.165, 1.54) is 5.56 Å². The fraction of sp³-hybridized carbons (Fsp3) is 0.276. The number of para-hydroxylation sites is 1. The molecule has 0 radical (unpaired) electrons. The van der Waals surface area contributed by atoms with Crippen LogP contribution >= 0.6 is 0 Å². The number of aromatic nitrogens is 1. The van der Waals surface area contributed by atoms with Crippen molar-refractivity contribution < 1.29 is 4.79 Å². The Morgan fingerprint density at radius 3 is 2.24 bits per heavy atom. The Labute approximate surface area is 201 Å². The molecule has 0 saturated carbocycles. The van der Waals surface area contributed by atoms with Crippen molar-refractivity contribution in [1.82, 2.24) is 19.7 Å². The summed E-state index contributed by atoms with van der Waals surface area (Å²) in [6.45, 7) is 5.70. The number of fused-ring (bicyclic) bond motifs is 1. The summed E-state index contributed by atoms with van der Waals surface area (Å²) in [5.74, 6) is -0.0222. The molecule has 1 aliphatic rings. The first-order valence-electron chi connectivity index (χ1n) is 12.1. The number of carbonyl (C=O) groups excluding carboxylic acids is 1. The van der Waals surface area contributed by atoms with Crippen LogP contribution in [0.1, 0.15) is 27.5 Å². The highest BCUT2D eigenvalue weighted by atomic mass is 16.1. The standard InChI is InChI=1S/C29H32N4O/c1-31-16-18-32(19-17-31)22-27(24-12-6-3-7-13-24)30-29(34)26-21-33(20-23-10-4-2-5-11-23)28-15-9-8-14-25(26)28/h2-15,21,27H,16-20,22H2,1H3,(H,30,34). The summed E-state index contributed by atoms with van der Waals surface area (Å²) in [6.07, 6.45) is 2.00. The Kier molecular flexibility index (Phi) is 6.74. The Hall–Kier alpha value is -3.41. The summed E-state index contributed by atoms with van der Waals surface area (Å²) < 4.78 is 2.18. The summed E-state index contributed by atoms with van der Waals surface area (Å²) in [7, 11) is 2.17. The second-order valence-electron chi connectivity index (χ2n) is 9.21. The minimum atomic E-state index is -0.0617. The van der Waals surface area contributed by atoms with Crippen LogP contribution in [0.3, 0.4) is 0 Å². The fourth-order valence-electron chi connectivity index (χ4n) is 4.78. The molecule has 0 aliphatic carbocycles. The molecule has 5 rings (SSSR count). The van der Waals surface area contributed by atoms with Gasteiger partial charge in [0, 0.05) is 56.4 Å². The molecule has 1 N–H and O–H groups in total. The van der Waals surface area contributed by atoms with Crippen LogP contribution in [-0.2, 0) is 6.54 Å². The summed E-state index contributed by atoms with van der Waals surface area (Å²) in [5, 5.41) is 4.36. The van der Waals surface area contributed by atoms with Gasteiger partial charge in [-0.1, -0.05) is 78.9 Å². The topological polar surface area (TPSA) is 40.5 Å². The van der Waals surface area contributed by atoms with Gasteiger partial charge in [-0.15, -0.1) is 0 Å². The Bertz CT molecular complexity index is 1230. The highest BCUT2D eigenvalue weighted by Crippen LogP contribution is 2.24. The predicted octanol–water partition coefficient (Wildman–Crippen LogP) is 4.41. The highest BCUT2D eigenvalue weighted by Gasteiger charge is 2.23. The molecule has 5 heteroatoms. The van der Waals surface area contributed by atoms with Crippen molar-refractivity contribution >= 4 is 16.8 Å². The fourth-order valence-corrected chi connectivity index (χ4v) is 4.78. The third-order valence-electron chi connectivity index (χ3n) is 6.77. The number of hydrogen-bond donors (Lipinski definition) is 1. The number of amides is 1. The first-order valence-corrected chi connectivity index (χ1v) is 12.1. The lowest BCUT2D eigenvalue weighted by Gasteiger charge is -2.35. The summed E-state index contributed by atoms with van der Waals surface area (Å²) in [4.78, 5) is 18.5. The van der Waals surface area contributed by atoms with Gasteiger partial charge in [0.15, 0.2) is 0 Å². The van der Waals surface area contributed by atoms with Crippen molar-refractivity contribution in [3.05, 3.63) is 108 Å². The molecule has 1 aliphatic heterocycles. The highest BCUT2D eigenvalue weighted by molar-refractivity contribution is 6.07. The third kappa shape index (κ3) is 5.06. The molecule has 1 amide bonds. The second-order valence-corrected chi connectivity index (χ2v) is 9.21. The molecular weight excluding hydrogens is 420 g/mol. The number of rotatable bonds is 7. The molecule has 3 aromatic carbocycles. The number of nitrogens with one attached hydrogen (secondary N) is 1. The van der Waals surface area contributed by atoms with Crippen molar-refractivity contribution in [2.24, 2.45) is 0 Å². The molecule has 1 aromatic heterocycles. The van der Waals surface area contributed by atoms with E-state index in [1.807, 2.05) is 48.7 Å². The summed E-state index contributed by atoms with van der Waals surface area (Å²) in [6, 6.07) is 28.8. The van der Waals surface area contributed by atoms with E-state index in [-0.39, 0.29) is 11.9 Å². The zero-order valence-corrected chi connectivity index (χ0v) is 19.7. The van der Waals surface area contributed by atoms with E-state index in [0.29, 0.717) is 0 Å². The van der Waals surface area contributed by atoms with Gasteiger partial charge < -0.3 is 14.8 Å². The SMILES string of the molecule is CN1CCN(CC(NC(=O)c2cn(Cc3ccccc3)c3ccccc23)c2ccccc2)CC1. The van der Waals surface area contributed by atoms with E-state index < -0.39 is 0 Å². The van der Waals surface area contributed by atoms with Crippen molar-refractivity contribution in [3.8, 4) is 0 Å². The lowest BCUT2D eigenvalue weighted by molar-refractivity contribution is 0.0908. The molecular formula is C29H32N4O. The van der Waals surface area contributed by atoms with E-state index >= 15 is 0 Å². The van der Waals surface area contributed by atoms with Crippen molar-refractivity contribution in [1.29, 1.82) is 0 Å². The molecule has 34 heavy (non-hydrogen) atoms. The lowest BCUT2D eigenvalue weighted by Crippen LogP contribution is -2.47. The molecule has 1 unspecified atom stereocenters. The van der Waals surface area contributed by atoms with Gasteiger partial charge in [0.05, 0.1) is 11.6 Å². The van der Waals surface area contributed by atoms with Gasteiger partial charge >= 0.3 is 0 Å². The molecule has 0 bridgehead atoms. The average Bonchev–Trinajstić information content (AvgIpc) is 3.24. The molecule has 1 atom stereocenters. The second kappa shape index (κ2) is 10.2. The molecule has 174 valence electrons.